The van der Waals surface area contributed by atoms with Gasteiger partial charge in [0.1, 0.15) is 24.0 Å². The summed E-state index contributed by atoms with van der Waals surface area (Å²) < 4.78 is 1.42. The fourth-order valence-corrected chi connectivity index (χ4v) is 6.03. The van der Waals surface area contributed by atoms with Gasteiger partial charge in [0.05, 0.1) is 22.6 Å². The monoisotopic (exact) mass is 429 g/mol. The summed E-state index contributed by atoms with van der Waals surface area (Å²) in [4.78, 5) is 48.3. The van der Waals surface area contributed by atoms with Gasteiger partial charge in [-0.2, -0.15) is 0 Å². The van der Waals surface area contributed by atoms with E-state index in [2.05, 4.69) is 5.32 Å². The number of hydrogen-bond acceptors (Lipinski definition) is 6. The van der Waals surface area contributed by atoms with Crippen LogP contribution in [-0.4, -0.2) is 43.6 Å². The molecule has 2 amide bonds. The molecule has 6 heterocycles. The molecule has 9 nitrogen and oxygen atoms in total. The highest BCUT2D eigenvalue weighted by Gasteiger charge is 2.66. The van der Waals surface area contributed by atoms with Gasteiger partial charge in [0.15, 0.2) is 5.82 Å². The van der Waals surface area contributed by atoms with Crippen molar-refractivity contribution in [3.8, 4) is 0 Å². The van der Waals surface area contributed by atoms with Gasteiger partial charge in [-0.3, -0.25) is 23.9 Å². The number of aliphatic hydroxyl groups is 1. The minimum Gasteiger partial charge on any atom is -0.381 e. The van der Waals surface area contributed by atoms with Gasteiger partial charge in [-0.1, -0.05) is 30.3 Å². The van der Waals surface area contributed by atoms with Crippen molar-refractivity contribution in [2.45, 2.75) is 43.4 Å². The summed E-state index contributed by atoms with van der Waals surface area (Å²) in [6, 6.07) is 12.7. The van der Waals surface area contributed by atoms with Gasteiger partial charge in [-0.25, -0.2) is 9.88 Å². The molecule has 5 aliphatic heterocycles. The maximum absolute atomic E-state index is 13.5. The predicted molar refractivity (Wildman–Crippen MR) is 113 cm³/mol. The number of carbonyl (C=O) groups is 2. The smallest absolute Gasteiger partial charge is 0.262 e. The van der Waals surface area contributed by atoms with Crippen molar-refractivity contribution in [2.75, 3.05) is 4.90 Å². The van der Waals surface area contributed by atoms with Crippen LogP contribution in [0.15, 0.2) is 53.3 Å². The Kier molecular flexibility index (Phi) is 3.17. The SMILES string of the molecule is C[C@@H]1C(=O)N2c3ccccc3[C@]3(O)C[C@@H]4C(=O)N[C@@H](c5nc6ccccc6c(=O)n54)N1[C@@H]23. The third-order valence-electron chi connectivity index (χ3n) is 7.40. The molecular weight excluding hydrogens is 410 g/mol. The van der Waals surface area contributed by atoms with Crippen LogP contribution in [0.3, 0.4) is 0 Å². The fourth-order valence-electron chi connectivity index (χ4n) is 6.03. The van der Waals surface area contributed by atoms with Gasteiger partial charge in [0.25, 0.3) is 5.56 Å². The highest BCUT2D eigenvalue weighted by molar-refractivity contribution is 6.03. The Hall–Kier alpha value is -3.56. The fraction of sp³-hybridized carbons (Fsp3) is 0.304. The normalized spacial score (nSPS) is 32.4. The Morgan fingerprint density at radius 1 is 1.09 bits per heavy atom. The molecular formula is C23H19N5O4. The highest BCUT2D eigenvalue weighted by Crippen LogP contribution is 2.55. The van der Waals surface area contributed by atoms with Gasteiger partial charge in [0, 0.05) is 12.0 Å². The minimum absolute atomic E-state index is 0.0485. The number of nitrogens with one attached hydrogen (secondary N) is 1. The summed E-state index contributed by atoms with van der Waals surface area (Å²) >= 11 is 0. The van der Waals surface area contributed by atoms with Gasteiger partial charge < -0.3 is 10.4 Å². The van der Waals surface area contributed by atoms with Crippen LogP contribution in [0.25, 0.3) is 10.9 Å². The van der Waals surface area contributed by atoms with E-state index in [1.54, 1.807) is 41.0 Å². The summed E-state index contributed by atoms with van der Waals surface area (Å²) in [6.45, 7) is 1.76. The largest absolute Gasteiger partial charge is 0.381 e. The molecule has 2 bridgehead atoms. The van der Waals surface area contributed by atoms with E-state index < -0.39 is 30.0 Å². The number of para-hydroxylation sites is 2. The van der Waals surface area contributed by atoms with Gasteiger partial charge >= 0.3 is 0 Å². The number of fused-ring (bicyclic) bond motifs is 4. The molecule has 9 heteroatoms. The predicted octanol–water partition coefficient (Wildman–Crippen LogP) is 0.734. The molecule has 3 aromatic rings. The summed E-state index contributed by atoms with van der Waals surface area (Å²) in [5.74, 6) is -0.137. The lowest BCUT2D eigenvalue weighted by Gasteiger charge is -2.48. The Morgan fingerprint density at radius 3 is 2.69 bits per heavy atom. The first-order valence-electron chi connectivity index (χ1n) is 10.7. The number of hydrogen-bond donors (Lipinski definition) is 2. The van der Waals surface area contributed by atoms with E-state index in [9.17, 15) is 19.5 Å². The second kappa shape index (κ2) is 5.62. The average molecular weight is 429 g/mol. The molecule has 2 N–H and O–H groups in total. The summed E-state index contributed by atoms with van der Waals surface area (Å²) in [7, 11) is 0. The Labute approximate surface area is 181 Å². The van der Waals surface area contributed by atoms with E-state index in [4.69, 9.17) is 4.98 Å². The molecule has 1 aromatic heterocycles. The quantitative estimate of drug-likeness (QED) is 0.546. The molecule has 0 aliphatic carbocycles. The van der Waals surface area contributed by atoms with Crippen LogP contribution in [0, 0.1) is 0 Å². The molecule has 5 atom stereocenters. The van der Waals surface area contributed by atoms with Crippen LogP contribution in [0.5, 0.6) is 0 Å². The first-order valence-corrected chi connectivity index (χ1v) is 10.7. The number of aromatic nitrogens is 2. The first kappa shape index (κ1) is 18.1. The van der Waals surface area contributed by atoms with Crippen molar-refractivity contribution in [3.63, 3.8) is 0 Å². The second-order valence-electron chi connectivity index (χ2n) is 8.94. The number of rotatable bonds is 0. The van der Waals surface area contributed by atoms with Crippen molar-refractivity contribution in [1.82, 2.24) is 19.8 Å². The van der Waals surface area contributed by atoms with Crippen molar-refractivity contribution in [3.05, 3.63) is 70.3 Å². The minimum atomic E-state index is -1.51. The number of benzene rings is 2. The van der Waals surface area contributed by atoms with Gasteiger partial charge in [-0.05, 0) is 25.1 Å². The maximum atomic E-state index is 13.5. The molecule has 160 valence electrons. The molecule has 0 saturated carbocycles. The zero-order chi connectivity index (χ0) is 21.9. The zero-order valence-electron chi connectivity index (χ0n) is 17.1. The van der Waals surface area contributed by atoms with E-state index >= 15 is 0 Å². The van der Waals surface area contributed by atoms with Crippen LogP contribution in [-0.2, 0) is 15.2 Å². The molecule has 8 rings (SSSR count). The summed E-state index contributed by atoms with van der Waals surface area (Å²) in [5.41, 5.74) is -0.0647. The summed E-state index contributed by atoms with van der Waals surface area (Å²) in [5, 5.41) is 15.5. The van der Waals surface area contributed by atoms with E-state index in [1.165, 1.54) is 4.57 Å². The van der Waals surface area contributed by atoms with Gasteiger partial charge in [0.2, 0.25) is 11.8 Å². The molecule has 0 spiro atoms. The Morgan fingerprint density at radius 2 is 1.84 bits per heavy atom. The average Bonchev–Trinajstić information content (AvgIpc) is 3.19. The van der Waals surface area contributed by atoms with Crippen LogP contribution >= 0.6 is 0 Å². The Balaban J connectivity index is 1.58. The molecule has 32 heavy (non-hydrogen) atoms. The van der Waals surface area contributed by atoms with E-state index in [-0.39, 0.29) is 23.8 Å². The number of amides is 2. The molecule has 0 radical (unpaired) electrons. The van der Waals surface area contributed by atoms with Crippen molar-refractivity contribution < 1.29 is 14.7 Å². The number of anilines is 1. The highest BCUT2D eigenvalue weighted by atomic mass is 16.3. The molecule has 5 aliphatic rings. The number of nitrogens with zero attached hydrogens (tertiary/aromatic N) is 4. The van der Waals surface area contributed by atoms with Crippen LogP contribution < -0.4 is 15.8 Å². The molecule has 2 saturated heterocycles. The second-order valence-corrected chi connectivity index (χ2v) is 8.94. The Bertz CT molecular complexity index is 1430. The topological polar surface area (TPSA) is 108 Å². The van der Waals surface area contributed by atoms with Crippen molar-refractivity contribution in [2.24, 2.45) is 0 Å². The van der Waals surface area contributed by atoms with Crippen molar-refractivity contribution >= 4 is 28.4 Å². The lowest BCUT2D eigenvalue weighted by atomic mass is 9.83. The van der Waals surface area contributed by atoms with Crippen LogP contribution in [0.2, 0.25) is 0 Å². The van der Waals surface area contributed by atoms with E-state index in [1.807, 2.05) is 24.3 Å². The van der Waals surface area contributed by atoms with Gasteiger partial charge in [-0.15, -0.1) is 0 Å². The van der Waals surface area contributed by atoms with Crippen molar-refractivity contribution in [1.29, 1.82) is 0 Å². The van der Waals surface area contributed by atoms with E-state index in [0.717, 1.165) is 0 Å². The third-order valence-corrected chi connectivity index (χ3v) is 7.40. The van der Waals surface area contributed by atoms with Crippen LogP contribution in [0.1, 0.15) is 36.9 Å². The van der Waals surface area contributed by atoms with Crippen LogP contribution in [0.4, 0.5) is 5.69 Å². The lowest BCUT2D eigenvalue weighted by Crippen LogP contribution is -2.63. The van der Waals surface area contributed by atoms with E-state index in [0.29, 0.717) is 28.0 Å². The number of carbonyl (C=O) groups excluding carboxylic acids is 2. The standard InChI is InChI=1S/C23H19N5O4/c1-11-20(30)28-15-9-5-3-7-13(15)23(32)10-16-19(29)25-18(26(11)22(23)28)17-24-14-8-4-2-6-12(14)21(31)27(16)17/h2-9,11,16,18,22,32H,10H2,1H3,(H,25,29)/t11-,16-,18-,22+,23-/m1/s1. The molecule has 0 unspecified atom stereocenters. The summed E-state index contributed by atoms with van der Waals surface area (Å²) in [6.07, 6.45) is -1.58. The zero-order valence-corrected chi connectivity index (χ0v) is 17.1. The lowest BCUT2D eigenvalue weighted by molar-refractivity contribution is -0.144. The first-order chi connectivity index (χ1) is 15.4. The third kappa shape index (κ3) is 1.88. The maximum Gasteiger partial charge on any atom is 0.262 e. The molecule has 2 aromatic carbocycles. The molecule has 2 fully saturated rings.